The molecule has 0 aromatic carbocycles. The normalized spacial score (nSPS) is 17.3. The number of hydroxylamine groups is 3. The van der Waals surface area contributed by atoms with Crippen molar-refractivity contribution < 1.29 is 101 Å². The molecule has 0 aliphatic heterocycles. The molecular weight excluding hydrogens is 764 g/mol. The molecule has 3 atom stereocenters. The molecule has 49 heavy (non-hydrogen) atoms. The number of nitrogens with one attached hydrogen (secondary N) is 1. The van der Waals surface area contributed by atoms with Crippen LogP contribution in [-0.2, 0) is 10.0 Å². The summed E-state index contributed by atoms with van der Waals surface area (Å²) in [7, 11) is -2.42. The molecule has 0 saturated heterocycles. The summed E-state index contributed by atoms with van der Waals surface area (Å²) in [4.78, 5) is 0. The summed E-state index contributed by atoms with van der Waals surface area (Å²) in [5.41, 5.74) is -6.87. The third-order valence-electron chi connectivity index (χ3n) is 6.92. The standard InChI is InChI=1S/C23H30F20N2O3S/c1-45(2,46)6-3-5-44-49(47,48)7-4-13(19(29,30)31)8-14(20(32,33)34)9-15(21(35,36)37)10-16(24,25)11-17(26,27)12-18(28,22(38,39)40)23(41,42)43/h13-15,44H,3-12H2,1-2H3. The van der Waals surface area contributed by atoms with Crippen molar-refractivity contribution in [3.63, 3.8) is 0 Å². The van der Waals surface area contributed by atoms with E-state index >= 15 is 0 Å². The maximum atomic E-state index is 14.3. The van der Waals surface area contributed by atoms with Gasteiger partial charge in [0.05, 0.1) is 57.0 Å². The molecular formula is C23H30F20N2O3S. The van der Waals surface area contributed by atoms with Crippen LogP contribution in [0.1, 0.15) is 44.9 Å². The van der Waals surface area contributed by atoms with Crippen LogP contribution < -0.4 is 4.72 Å². The molecule has 0 bridgehead atoms. The second-order valence-electron chi connectivity index (χ2n) is 11.9. The molecule has 3 unspecified atom stereocenters. The van der Waals surface area contributed by atoms with E-state index in [0.29, 0.717) is 0 Å². The Morgan fingerprint density at radius 2 is 1.02 bits per heavy atom. The van der Waals surface area contributed by atoms with E-state index in [2.05, 4.69) is 0 Å². The highest BCUT2D eigenvalue weighted by Crippen LogP contribution is 2.54. The summed E-state index contributed by atoms with van der Waals surface area (Å²) in [6, 6.07) is 0. The summed E-state index contributed by atoms with van der Waals surface area (Å²) in [6.45, 7) is -0.719. The van der Waals surface area contributed by atoms with Crippen LogP contribution in [0.3, 0.4) is 0 Å². The second-order valence-corrected chi connectivity index (χ2v) is 13.8. The Balaban J connectivity index is 6.16. The lowest BCUT2D eigenvalue weighted by Crippen LogP contribution is -2.56. The smallest absolute Gasteiger partial charge is 0.431 e. The van der Waals surface area contributed by atoms with Crippen LogP contribution in [0.15, 0.2) is 0 Å². The molecule has 0 aliphatic rings. The largest absolute Gasteiger partial charge is 0.633 e. The van der Waals surface area contributed by atoms with Gasteiger partial charge in [0.15, 0.2) is 0 Å². The summed E-state index contributed by atoms with van der Waals surface area (Å²) >= 11 is 0. The predicted molar refractivity (Wildman–Crippen MR) is 129 cm³/mol. The lowest BCUT2D eigenvalue weighted by atomic mass is 9.81. The topological polar surface area (TPSA) is 69.2 Å². The molecule has 0 heterocycles. The van der Waals surface area contributed by atoms with Gasteiger partial charge >= 0.3 is 36.6 Å². The zero-order valence-corrected chi connectivity index (χ0v) is 25.8. The predicted octanol–water partition coefficient (Wildman–Crippen LogP) is 8.85. The SMILES string of the molecule is C[N+](C)([O-])CCCNS(=O)(=O)CCC(CC(CC(CC(F)(F)CC(F)(F)CC(F)(C(F)(F)F)C(F)(F)F)C(F)(F)F)C(F)(F)F)C(F)(F)F. The van der Waals surface area contributed by atoms with Crippen molar-refractivity contribution in [1.29, 1.82) is 0 Å². The number of rotatable bonds is 18. The van der Waals surface area contributed by atoms with E-state index in [-0.39, 0.29) is 13.0 Å². The maximum absolute atomic E-state index is 14.3. The van der Waals surface area contributed by atoms with Crippen LogP contribution >= 0.6 is 0 Å². The molecule has 0 radical (unpaired) electrons. The Labute approximate surface area is 265 Å². The van der Waals surface area contributed by atoms with Gasteiger partial charge in [0.1, 0.15) is 0 Å². The van der Waals surface area contributed by atoms with E-state index in [9.17, 15) is 101 Å². The highest BCUT2D eigenvalue weighted by molar-refractivity contribution is 7.89. The van der Waals surface area contributed by atoms with Gasteiger partial charge in [0.25, 0.3) is 11.8 Å². The van der Waals surface area contributed by atoms with E-state index in [0.717, 1.165) is 14.1 Å². The lowest BCUT2D eigenvalue weighted by molar-refractivity contribution is -0.840. The number of quaternary nitrogens is 1. The number of halogens is 20. The van der Waals surface area contributed by atoms with Crippen molar-refractivity contribution in [2.45, 2.75) is 93.3 Å². The van der Waals surface area contributed by atoms with Gasteiger partial charge in [-0.15, -0.1) is 0 Å². The lowest BCUT2D eigenvalue weighted by Gasteiger charge is -2.35. The molecule has 0 amide bonds. The van der Waals surface area contributed by atoms with Crippen molar-refractivity contribution in [2.75, 3.05) is 32.9 Å². The molecule has 1 N–H and O–H groups in total. The molecule has 5 nitrogen and oxygen atoms in total. The minimum atomic E-state index is -7.21. The first-order valence-corrected chi connectivity index (χ1v) is 15.1. The summed E-state index contributed by atoms with van der Waals surface area (Å²) in [5.74, 6) is -24.8. The Bertz CT molecular complexity index is 1120. The number of hydrogen-bond acceptors (Lipinski definition) is 3. The van der Waals surface area contributed by atoms with Crippen molar-refractivity contribution in [3.05, 3.63) is 5.21 Å². The molecule has 0 fully saturated rings. The van der Waals surface area contributed by atoms with Crippen molar-refractivity contribution >= 4 is 10.0 Å². The third kappa shape index (κ3) is 16.5. The molecule has 0 saturated carbocycles. The highest BCUT2D eigenvalue weighted by Gasteiger charge is 2.75. The molecule has 296 valence electrons. The molecule has 26 heteroatoms. The van der Waals surface area contributed by atoms with Crippen molar-refractivity contribution in [2.24, 2.45) is 17.8 Å². The fourth-order valence-electron chi connectivity index (χ4n) is 4.45. The van der Waals surface area contributed by atoms with Crippen LogP contribution in [0.4, 0.5) is 87.8 Å². The Morgan fingerprint density at radius 3 is 1.39 bits per heavy atom. The van der Waals surface area contributed by atoms with E-state index < -0.39 is 132 Å². The first-order valence-electron chi connectivity index (χ1n) is 13.4. The fourth-order valence-corrected chi connectivity index (χ4v) is 5.64. The molecule has 0 spiro atoms. The van der Waals surface area contributed by atoms with Gasteiger partial charge < -0.3 is 9.85 Å². The zero-order valence-electron chi connectivity index (χ0n) is 24.9. The van der Waals surface area contributed by atoms with Crippen molar-refractivity contribution in [1.82, 2.24) is 4.72 Å². The van der Waals surface area contributed by atoms with Gasteiger partial charge in [-0.1, -0.05) is 0 Å². The minimum Gasteiger partial charge on any atom is -0.633 e. The zero-order chi connectivity index (χ0) is 39.5. The maximum Gasteiger partial charge on any atom is 0.431 e. The number of hydrogen-bond donors (Lipinski definition) is 1. The van der Waals surface area contributed by atoms with E-state index in [1.165, 1.54) is 0 Å². The fraction of sp³-hybridized carbons (Fsp3) is 1.00. The Hall–Kier alpha value is -1.57. The average Bonchev–Trinajstić information content (AvgIpc) is 2.77. The first kappa shape index (κ1) is 47.4. The van der Waals surface area contributed by atoms with Gasteiger partial charge in [-0.05, 0) is 19.3 Å². The van der Waals surface area contributed by atoms with Crippen molar-refractivity contribution in [3.8, 4) is 0 Å². The molecule has 0 aromatic heterocycles. The van der Waals surface area contributed by atoms with Gasteiger partial charge in [-0.25, -0.2) is 35.1 Å². The number of sulfonamides is 1. The highest BCUT2D eigenvalue weighted by atomic mass is 32.2. The van der Waals surface area contributed by atoms with Crippen LogP contribution in [0.25, 0.3) is 0 Å². The van der Waals surface area contributed by atoms with Crippen LogP contribution in [-0.4, -0.2) is 94.4 Å². The van der Waals surface area contributed by atoms with Crippen LogP contribution in [0.5, 0.6) is 0 Å². The van der Waals surface area contributed by atoms with E-state index in [4.69, 9.17) is 0 Å². The Kier molecular flexibility index (Phi) is 15.1. The van der Waals surface area contributed by atoms with Crippen LogP contribution in [0, 0.1) is 23.0 Å². The Morgan fingerprint density at radius 1 is 0.612 bits per heavy atom. The summed E-state index contributed by atoms with van der Waals surface area (Å²) in [5, 5.41) is 11.4. The molecule has 0 rings (SSSR count). The van der Waals surface area contributed by atoms with Gasteiger partial charge in [-0.2, -0.15) is 65.9 Å². The first-order chi connectivity index (χ1) is 21.1. The molecule has 0 aliphatic carbocycles. The minimum absolute atomic E-state index is 0.163. The number of alkyl halides is 20. The number of nitrogens with zero attached hydrogens (tertiary/aromatic N) is 1. The van der Waals surface area contributed by atoms with Gasteiger partial charge in [-0.3, -0.25) is 0 Å². The van der Waals surface area contributed by atoms with E-state index in [1.54, 1.807) is 4.72 Å². The monoisotopic (exact) mass is 794 g/mol. The summed E-state index contributed by atoms with van der Waals surface area (Å²) in [6.07, 6.45) is -50.6. The average molecular weight is 795 g/mol. The molecule has 0 aromatic rings. The summed E-state index contributed by atoms with van der Waals surface area (Å²) < 4.78 is 293. The van der Waals surface area contributed by atoms with Gasteiger partial charge in [0, 0.05) is 19.4 Å². The quantitative estimate of drug-likeness (QED) is 0.0653. The van der Waals surface area contributed by atoms with Crippen LogP contribution in [0.2, 0.25) is 0 Å². The van der Waals surface area contributed by atoms with Gasteiger partial charge in [0.2, 0.25) is 10.0 Å². The van der Waals surface area contributed by atoms with E-state index in [1.807, 2.05) is 0 Å². The third-order valence-corrected chi connectivity index (χ3v) is 8.34. The second kappa shape index (κ2) is 15.6.